The number of unbranched alkanes of at least 4 members (excludes halogenated alkanes) is 8. The van der Waals surface area contributed by atoms with Crippen LogP contribution < -0.4 is 0 Å². The predicted molar refractivity (Wildman–Crippen MR) is 126 cm³/mol. The van der Waals surface area contributed by atoms with Gasteiger partial charge in [0.25, 0.3) is 0 Å². The Kier molecular flexibility index (Phi) is 20.9. The van der Waals surface area contributed by atoms with Crippen LogP contribution in [-0.2, 0) is 14.3 Å². The first-order chi connectivity index (χ1) is 14.6. The van der Waals surface area contributed by atoms with Crippen LogP contribution >= 0.6 is 0 Å². The number of carbonyl (C=O) groups excluding carboxylic acids is 1. The van der Waals surface area contributed by atoms with Crippen molar-refractivity contribution in [2.75, 3.05) is 0 Å². The van der Waals surface area contributed by atoms with Crippen molar-refractivity contribution in [2.24, 2.45) is 0 Å². The summed E-state index contributed by atoms with van der Waals surface area (Å²) in [6.07, 6.45) is 25.2. The summed E-state index contributed by atoms with van der Waals surface area (Å²) in [7, 11) is 0. The van der Waals surface area contributed by atoms with Gasteiger partial charge in [-0.2, -0.15) is 0 Å². The van der Waals surface area contributed by atoms with Crippen molar-refractivity contribution in [3.05, 3.63) is 24.3 Å². The van der Waals surface area contributed by atoms with Crippen LogP contribution in [0.2, 0.25) is 0 Å². The quantitative estimate of drug-likeness (QED) is 0.117. The number of ether oxygens (including phenoxy) is 1. The molecule has 0 aromatic carbocycles. The van der Waals surface area contributed by atoms with Crippen molar-refractivity contribution in [2.45, 2.75) is 129 Å². The first-order valence-electron chi connectivity index (χ1n) is 12.3. The molecule has 1 atom stereocenters. The van der Waals surface area contributed by atoms with E-state index in [1.54, 1.807) is 0 Å². The molecule has 0 bridgehead atoms. The maximum atomic E-state index is 12.1. The van der Waals surface area contributed by atoms with Gasteiger partial charge in [-0.1, -0.05) is 76.7 Å². The molecule has 30 heavy (non-hydrogen) atoms. The summed E-state index contributed by atoms with van der Waals surface area (Å²) in [5.74, 6) is -0.809. The molecule has 0 fully saturated rings. The van der Waals surface area contributed by atoms with E-state index in [9.17, 15) is 9.59 Å². The molecule has 0 saturated heterocycles. The van der Waals surface area contributed by atoms with Crippen LogP contribution in [0.5, 0.6) is 0 Å². The van der Waals surface area contributed by atoms with E-state index in [0.29, 0.717) is 12.8 Å². The standard InChI is InChI=1S/C26H46O4/c1-3-5-6-7-8-9-10-11-12-13-14-15-19-23-26(29)30-24(20-4-2)21-17-16-18-22-25(27)28/h6-7,9-10,24H,3-5,8,11-23H2,1-2H3,(H,27,28)/b7-6-,10-9-. The van der Waals surface area contributed by atoms with Gasteiger partial charge in [0.05, 0.1) is 0 Å². The Morgan fingerprint density at radius 1 is 0.733 bits per heavy atom. The first-order valence-corrected chi connectivity index (χ1v) is 12.3. The van der Waals surface area contributed by atoms with E-state index in [-0.39, 0.29) is 18.5 Å². The molecular formula is C26H46O4. The molecule has 0 aromatic heterocycles. The third-order valence-electron chi connectivity index (χ3n) is 5.14. The molecule has 0 rings (SSSR count). The fourth-order valence-corrected chi connectivity index (χ4v) is 3.39. The van der Waals surface area contributed by atoms with Gasteiger partial charge in [-0.3, -0.25) is 9.59 Å². The number of hydrogen-bond acceptors (Lipinski definition) is 3. The minimum atomic E-state index is -0.738. The van der Waals surface area contributed by atoms with Gasteiger partial charge in [-0.15, -0.1) is 0 Å². The van der Waals surface area contributed by atoms with Crippen molar-refractivity contribution in [3.63, 3.8) is 0 Å². The van der Waals surface area contributed by atoms with Crippen molar-refractivity contribution < 1.29 is 19.4 Å². The van der Waals surface area contributed by atoms with E-state index in [1.165, 1.54) is 32.1 Å². The number of esters is 1. The van der Waals surface area contributed by atoms with Crippen molar-refractivity contribution >= 4 is 11.9 Å². The Bertz CT molecular complexity index is 468. The second kappa shape index (κ2) is 22.1. The zero-order valence-electron chi connectivity index (χ0n) is 19.6. The highest BCUT2D eigenvalue weighted by Crippen LogP contribution is 2.15. The highest BCUT2D eigenvalue weighted by molar-refractivity contribution is 5.69. The lowest BCUT2D eigenvalue weighted by atomic mass is 10.1. The third-order valence-corrected chi connectivity index (χ3v) is 5.14. The van der Waals surface area contributed by atoms with E-state index in [0.717, 1.165) is 57.8 Å². The van der Waals surface area contributed by atoms with E-state index >= 15 is 0 Å². The maximum Gasteiger partial charge on any atom is 0.306 e. The van der Waals surface area contributed by atoms with Crippen molar-refractivity contribution in [1.29, 1.82) is 0 Å². The lowest BCUT2D eigenvalue weighted by Gasteiger charge is -2.17. The predicted octanol–water partition coefficient (Wildman–Crippen LogP) is 7.77. The molecule has 0 spiro atoms. The Labute approximate surface area is 185 Å². The molecule has 0 radical (unpaired) electrons. The largest absolute Gasteiger partial charge is 0.481 e. The number of rotatable bonds is 21. The topological polar surface area (TPSA) is 63.6 Å². The molecule has 0 aliphatic carbocycles. The van der Waals surface area contributed by atoms with Gasteiger partial charge in [0.1, 0.15) is 6.10 Å². The maximum absolute atomic E-state index is 12.1. The normalized spacial score (nSPS) is 12.6. The Balaban J connectivity index is 3.66. The summed E-state index contributed by atoms with van der Waals surface area (Å²) < 4.78 is 5.66. The Morgan fingerprint density at radius 3 is 2.07 bits per heavy atom. The number of aliphatic carboxylic acids is 1. The smallest absolute Gasteiger partial charge is 0.306 e. The fraction of sp³-hybridized carbons (Fsp3) is 0.769. The zero-order valence-corrected chi connectivity index (χ0v) is 19.6. The summed E-state index contributed by atoms with van der Waals surface area (Å²) in [6.45, 7) is 4.30. The molecule has 0 aromatic rings. The first kappa shape index (κ1) is 28.4. The molecule has 174 valence electrons. The number of carboxylic acids is 1. The highest BCUT2D eigenvalue weighted by Gasteiger charge is 2.13. The highest BCUT2D eigenvalue weighted by atomic mass is 16.5. The monoisotopic (exact) mass is 422 g/mol. The molecule has 0 aliphatic heterocycles. The Morgan fingerprint density at radius 2 is 1.37 bits per heavy atom. The molecule has 1 N–H and O–H groups in total. The number of allylic oxidation sites excluding steroid dienone is 4. The molecule has 4 heteroatoms. The van der Waals surface area contributed by atoms with Crippen LogP contribution in [0.1, 0.15) is 123 Å². The van der Waals surface area contributed by atoms with Gasteiger partial charge in [-0.25, -0.2) is 0 Å². The number of hydrogen-bond donors (Lipinski definition) is 1. The lowest BCUT2D eigenvalue weighted by Crippen LogP contribution is -2.18. The average Bonchev–Trinajstić information content (AvgIpc) is 2.71. The van der Waals surface area contributed by atoms with E-state index in [2.05, 4.69) is 38.2 Å². The molecule has 0 heterocycles. The summed E-state index contributed by atoms with van der Waals surface area (Å²) >= 11 is 0. The van der Waals surface area contributed by atoms with Crippen LogP contribution in [0.3, 0.4) is 0 Å². The summed E-state index contributed by atoms with van der Waals surface area (Å²) in [4.78, 5) is 22.6. The SMILES string of the molecule is CCC/C=C\C/C=C\CCCCCCCC(=O)OC(CCC)CCCCCC(=O)O. The fourth-order valence-electron chi connectivity index (χ4n) is 3.39. The van der Waals surface area contributed by atoms with E-state index < -0.39 is 5.97 Å². The van der Waals surface area contributed by atoms with Gasteiger partial charge >= 0.3 is 11.9 Å². The molecule has 0 aliphatic rings. The third kappa shape index (κ3) is 21.1. The summed E-state index contributed by atoms with van der Waals surface area (Å²) in [5, 5.41) is 8.67. The van der Waals surface area contributed by atoms with Crippen LogP contribution in [-0.4, -0.2) is 23.1 Å². The van der Waals surface area contributed by atoms with Crippen LogP contribution in [0.15, 0.2) is 24.3 Å². The Hall–Kier alpha value is -1.58. The average molecular weight is 423 g/mol. The molecule has 0 saturated carbocycles. The lowest BCUT2D eigenvalue weighted by molar-refractivity contribution is -0.150. The molecule has 1 unspecified atom stereocenters. The van der Waals surface area contributed by atoms with Crippen LogP contribution in [0.25, 0.3) is 0 Å². The van der Waals surface area contributed by atoms with Crippen LogP contribution in [0, 0.1) is 0 Å². The number of carbonyl (C=O) groups is 2. The minimum Gasteiger partial charge on any atom is -0.481 e. The minimum absolute atomic E-state index is 0.00377. The van der Waals surface area contributed by atoms with E-state index in [1.807, 2.05) is 0 Å². The molecular weight excluding hydrogens is 376 g/mol. The van der Waals surface area contributed by atoms with Gasteiger partial charge < -0.3 is 9.84 Å². The second-order valence-electron chi connectivity index (χ2n) is 8.17. The second-order valence-corrected chi connectivity index (χ2v) is 8.17. The zero-order chi connectivity index (χ0) is 22.3. The van der Waals surface area contributed by atoms with Crippen molar-refractivity contribution in [3.8, 4) is 0 Å². The van der Waals surface area contributed by atoms with Gasteiger partial charge in [0, 0.05) is 12.8 Å². The summed E-state index contributed by atoms with van der Waals surface area (Å²) in [5.41, 5.74) is 0. The molecule has 4 nitrogen and oxygen atoms in total. The van der Waals surface area contributed by atoms with Crippen LogP contribution in [0.4, 0.5) is 0 Å². The number of carboxylic acid groups (broad SMARTS) is 1. The molecule has 0 amide bonds. The van der Waals surface area contributed by atoms with Gasteiger partial charge in [-0.05, 0) is 57.8 Å². The van der Waals surface area contributed by atoms with Gasteiger partial charge in [0.2, 0.25) is 0 Å². The summed E-state index contributed by atoms with van der Waals surface area (Å²) in [6, 6.07) is 0. The van der Waals surface area contributed by atoms with Crippen molar-refractivity contribution in [1.82, 2.24) is 0 Å². The van der Waals surface area contributed by atoms with Gasteiger partial charge in [0.15, 0.2) is 0 Å². The van der Waals surface area contributed by atoms with E-state index in [4.69, 9.17) is 9.84 Å².